The van der Waals surface area contributed by atoms with E-state index in [2.05, 4.69) is 57.9 Å². The lowest BCUT2D eigenvalue weighted by Gasteiger charge is -2.36. The molecule has 0 aromatic carbocycles. The number of hydrogen-bond acceptors (Lipinski definition) is 4. The summed E-state index contributed by atoms with van der Waals surface area (Å²) in [5.41, 5.74) is 1.03. The average molecular weight is 336 g/mol. The van der Waals surface area contributed by atoms with Crippen LogP contribution in [0.3, 0.4) is 0 Å². The second-order valence-electron chi connectivity index (χ2n) is 6.38. The number of pyridine rings is 1. The first kappa shape index (κ1) is 17.9. The summed E-state index contributed by atoms with van der Waals surface area (Å²) < 4.78 is 0. The molecule has 1 aliphatic rings. The number of nitrogens with one attached hydrogen (secondary N) is 1. The summed E-state index contributed by atoms with van der Waals surface area (Å²) in [5, 5.41) is 4.14. The van der Waals surface area contributed by atoms with Crippen LogP contribution in [0.15, 0.2) is 23.2 Å². The van der Waals surface area contributed by atoms with Gasteiger partial charge in [0, 0.05) is 45.2 Å². The number of anilines is 1. The third-order valence-corrected chi connectivity index (χ3v) is 5.57. The van der Waals surface area contributed by atoms with Gasteiger partial charge in [0.1, 0.15) is 5.82 Å². The van der Waals surface area contributed by atoms with Crippen LogP contribution in [0.1, 0.15) is 19.5 Å². The van der Waals surface area contributed by atoms with Gasteiger partial charge in [-0.25, -0.2) is 4.98 Å². The van der Waals surface area contributed by atoms with E-state index in [0.29, 0.717) is 17.7 Å². The smallest absolute Gasteiger partial charge is 0.194 e. The van der Waals surface area contributed by atoms with Gasteiger partial charge in [0.2, 0.25) is 0 Å². The van der Waals surface area contributed by atoms with Crippen LogP contribution < -0.4 is 10.2 Å². The van der Waals surface area contributed by atoms with Crippen molar-refractivity contribution >= 4 is 23.5 Å². The number of hydrogen-bond donors (Lipinski definition) is 1. The number of nitrogens with zero attached hydrogens (tertiary/aromatic N) is 4. The molecule has 1 fully saturated rings. The molecule has 5 nitrogen and oxygen atoms in total. The molecule has 1 unspecified atom stereocenters. The molecule has 6 heteroatoms. The average Bonchev–Trinajstić information content (AvgIpc) is 2.56. The van der Waals surface area contributed by atoms with Gasteiger partial charge >= 0.3 is 0 Å². The van der Waals surface area contributed by atoms with E-state index in [1.807, 2.05) is 32.1 Å². The summed E-state index contributed by atoms with van der Waals surface area (Å²) in [4.78, 5) is 13.5. The van der Waals surface area contributed by atoms with E-state index in [1.165, 1.54) is 0 Å². The second kappa shape index (κ2) is 8.43. The minimum Gasteiger partial charge on any atom is -0.363 e. The fourth-order valence-corrected chi connectivity index (χ4v) is 3.89. The van der Waals surface area contributed by atoms with Crippen LogP contribution in [-0.4, -0.2) is 61.1 Å². The third-order valence-electron chi connectivity index (χ3n) is 4.03. The minimum atomic E-state index is 0.678. The van der Waals surface area contributed by atoms with Crippen molar-refractivity contribution in [1.82, 2.24) is 15.2 Å². The first-order chi connectivity index (χ1) is 11.0. The summed E-state index contributed by atoms with van der Waals surface area (Å²) in [6, 6.07) is 6.12. The van der Waals surface area contributed by atoms with Crippen molar-refractivity contribution in [3.63, 3.8) is 0 Å². The number of aliphatic imine (C=N–C) groups is 1. The Bertz CT molecular complexity index is 529. The molecule has 1 atom stereocenters. The van der Waals surface area contributed by atoms with Crippen LogP contribution in [-0.2, 0) is 6.54 Å². The summed E-state index contributed by atoms with van der Waals surface area (Å²) in [7, 11) is 5.88. The van der Waals surface area contributed by atoms with Crippen LogP contribution in [0, 0.1) is 5.92 Å². The Labute approximate surface area is 144 Å². The Kier molecular flexibility index (Phi) is 6.57. The molecule has 1 N–H and O–H groups in total. The van der Waals surface area contributed by atoms with Gasteiger partial charge in [0.05, 0.1) is 12.2 Å². The van der Waals surface area contributed by atoms with Crippen molar-refractivity contribution in [2.45, 2.75) is 25.6 Å². The molecule has 0 radical (unpaired) electrons. The largest absolute Gasteiger partial charge is 0.363 e. The summed E-state index contributed by atoms with van der Waals surface area (Å²) in [6.45, 7) is 7.41. The van der Waals surface area contributed by atoms with E-state index in [0.717, 1.165) is 36.3 Å². The first-order valence-corrected chi connectivity index (χ1v) is 9.26. The van der Waals surface area contributed by atoms with E-state index in [-0.39, 0.29) is 0 Å². The van der Waals surface area contributed by atoms with Gasteiger partial charge < -0.3 is 15.1 Å². The lowest BCUT2D eigenvalue weighted by molar-refractivity contribution is 0.380. The van der Waals surface area contributed by atoms with Crippen LogP contribution >= 0.6 is 11.8 Å². The molecular formula is C17H29N5S. The molecule has 2 heterocycles. The Morgan fingerprint density at radius 1 is 1.48 bits per heavy atom. The zero-order valence-electron chi connectivity index (χ0n) is 14.9. The maximum Gasteiger partial charge on any atom is 0.194 e. The van der Waals surface area contributed by atoms with E-state index < -0.39 is 0 Å². The zero-order valence-corrected chi connectivity index (χ0v) is 15.7. The molecule has 2 rings (SSSR count). The van der Waals surface area contributed by atoms with Gasteiger partial charge in [0.15, 0.2) is 5.96 Å². The monoisotopic (exact) mass is 335 g/mol. The molecule has 23 heavy (non-hydrogen) atoms. The van der Waals surface area contributed by atoms with Crippen LogP contribution in [0.5, 0.6) is 0 Å². The van der Waals surface area contributed by atoms with Crippen LogP contribution in [0.4, 0.5) is 5.82 Å². The highest BCUT2D eigenvalue weighted by atomic mass is 32.2. The molecule has 0 aliphatic carbocycles. The van der Waals surface area contributed by atoms with Gasteiger partial charge in [0.25, 0.3) is 0 Å². The van der Waals surface area contributed by atoms with Crippen LogP contribution in [0.25, 0.3) is 0 Å². The lowest BCUT2D eigenvalue weighted by Crippen LogP contribution is -2.48. The second-order valence-corrected chi connectivity index (χ2v) is 7.73. The Morgan fingerprint density at radius 2 is 2.26 bits per heavy atom. The molecule has 0 amide bonds. The fourth-order valence-electron chi connectivity index (χ4n) is 2.59. The molecular weight excluding hydrogens is 306 g/mol. The van der Waals surface area contributed by atoms with Crippen molar-refractivity contribution in [2.24, 2.45) is 10.9 Å². The van der Waals surface area contributed by atoms with Crippen molar-refractivity contribution in [2.75, 3.05) is 44.9 Å². The number of rotatable bonds is 4. The maximum absolute atomic E-state index is 4.65. The van der Waals surface area contributed by atoms with Gasteiger partial charge in [-0.1, -0.05) is 19.9 Å². The normalized spacial score (nSPS) is 19.1. The highest BCUT2D eigenvalue weighted by Gasteiger charge is 2.24. The standard InChI is InChI=1S/C17H29N5S/c1-13(2)15-12-22(9-10-23-15)17(18-3)19-11-14-7-6-8-16(20-14)21(4)5/h6-8,13,15H,9-12H2,1-5H3,(H,18,19). The highest BCUT2D eigenvalue weighted by molar-refractivity contribution is 8.00. The third kappa shape index (κ3) is 5.03. The SMILES string of the molecule is CN=C(NCc1cccc(N(C)C)n1)N1CCSC(C(C)C)C1. The molecule has 0 spiro atoms. The Balaban J connectivity index is 1.96. The molecule has 128 valence electrons. The van der Waals surface area contributed by atoms with Gasteiger partial charge in [-0.15, -0.1) is 0 Å². The fraction of sp³-hybridized carbons (Fsp3) is 0.647. The zero-order chi connectivity index (χ0) is 16.8. The number of aromatic nitrogens is 1. The molecule has 0 saturated carbocycles. The predicted octanol–water partition coefficient (Wildman–Crippen LogP) is 2.30. The van der Waals surface area contributed by atoms with Crippen molar-refractivity contribution in [3.8, 4) is 0 Å². The van der Waals surface area contributed by atoms with Crippen LogP contribution in [0.2, 0.25) is 0 Å². The number of guanidine groups is 1. The van der Waals surface area contributed by atoms with Gasteiger partial charge in [-0.05, 0) is 18.1 Å². The molecule has 1 aliphatic heterocycles. The van der Waals surface area contributed by atoms with E-state index in [9.17, 15) is 0 Å². The van der Waals surface area contributed by atoms with Crippen molar-refractivity contribution < 1.29 is 0 Å². The van der Waals surface area contributed by atoms with Gasteiger partial charge in [-0.3, -0.25) is 4.99 Å². The Morgan fingerprint density at radius 3 is 2.91 bits per heavy atom. The maximum atomic E-state index is 4.65. The highest BCUT2D eigenvalue weighted by Crippen LogP contribution is 2.24. The Hall–Kier alpha value is -1.43. The van der Waals surface area contributed by atoms with E-state index in [4.69, 9.17) is 0 Å². The first-order valence-electron chi connectivity index (χ1n) is 8.21. The molecule has 0 bridgehead atoms. The van der Waals surface area contributed by atoms with Crippen molar-refractivity contribution in [1.29, 1.82) is 0 Å². The molecule has 1 aromatic heterocycles. The van der Waals surface area contributed by atoms with E-state index in [1.54, 1.807) is 0 Å². The minimum absolute atomic E-state index is 0.678. The summed E-state index contributed by atoms with van der Waals surface area (Å²) >= 11 is 2.08. The number of thioether (sulfide) groups is 1. The molecule has 1 aromatic rings. The topological polar surface area (TPSA) is 43.8 Å². The predicted molar refractivity (Wildman–Crippen MR) is 101 cm³/mol. The van der Waals surface area contributed by atoms with E-state index >= 15 is 0 Å². The lowest BCUT2D eigenvalue weighted by atomic mass is 10.1. The quantitative estimate of drug-likeness (QED) is 0.676. The molecule has 1 saturated heterocycles. The van der Waals surface area contributed by atoms with Crippen molar-refractivity contribution in [3.05, 3.63) is 23.9 Å². The summed E-state index contributed by atoms with van der Waals surface area (Å²) in [6.07, 6.45) is 0. The van der Waals surface area contributed by atoms with Gasteiger partial charge in [-0.2, -0.15) is 11.8 Å². The summed E-state index contributed by atoms with van der Waals surface area (Å²) in [5.74, 6) is 3.82.